The summed E-state index contributed by atoms with van der Waals surface area (Å²) in [7, 11) is 0. The maximum atomic E-state index is 12.8. The lowest BCUT2D eigenvalue weighted by Crippen LogP contribution is -2.30. The molecule has 0 bridgehead atoms. The summed E-state index contributed by atoms with van der Waals surface area (Å²) in [5, 5.41) is 0. The van der Waals surface area contributed by atoms with Crippen molar-refractivity contribution in [1.29, 1.82) is 0 Å². The molecule has 0 fully saturated rings. The largest absolute Gasteiger partial charge is 0.462 e. The molecule has 0 spiro atoms. The molecule has 350 valence electrons. The van der Waals surface area contributed by atoms with Gasteiger partial charge in [0, 0.05) is 19.3 Å². The summed E-state index contributed by atoms with van der Waals surface area (Å²) in [5.74, 6) is -0.887. The maximum Gasteiger partial charge on any atom is 0.306 e. The average molecular weight is 843 g/mol. The summed E-state index contributed by atoms with van der Waals surface area (Å²) in [6.45, 7) is 6.59. The van der Waals surface area contributed by atoms with Crippen molar-refractivity contribution >= 4 is 17.9 Å². The van der Waals surface area contributed by atoms with Gasteiger partial charge in [0.15, 0.2) is 6.10 Å². The van der Waals surface area contributed by atoms with E-state index in [-0.39, 0.29) is 31.1 Å². The Hall–Kier alpha value is -2.37. The molecule has 0 aromatic rings. The normalized spacial score (nSPS) is 12.2. The lowest BCUT2D eigenvalue weighted by atomic mass is 10.0. The summed E-state index contributed by atoms with van der Waals surface area (Å²) in [4.78, 5) is 37.9. The number of carbonyl (C=O) groups is 3. The van der Waals surface area contributed by atoms with Gasteiger partial charge in [0.25, 0.3) is 0 Å². The molecular weight excluding hydrogens is 745 g/mol. The van der Waals surface area contributed by atoms with Gasteiger partial charge in [-0.05, 0) is 70.6 Å². The highest BCUT2D eigenvalue weighted by Gasteiger charge is 2.19. The van der Waals surface area contributed by atoms with Crippen molar-refractivity contribution in [3.8, 4) is 0 Å². The zero-order chi connectivity index (χ0) is 43.7. The van der Waals surface area contributed by atoms with Crippen molar-refractivity contribution in [1.82, 2.24) is 0 Å². The smallest absolute Gasteiger partial charge is 0.306 e. The van der Waals surface area contributed by atoms with Gasteiger partial charge in [-0.15, -0.1) is 0 Å². The SMILES string of the molecule is CCCCC/C=C\C=C/CCCCCCCCC(=O)OCC(COC(=O)CCCCCCC/C=C\CCCCC)OC(=O)CCCCCCCCCCCCCCCCC. The van der Waals surface area contributed by atoms with E-state index < -0.39 is 6.10 Å². The van der Waals surface area contributed by atoms with Crippen LogP contribution in [0.2, 0.25) is 0 Å². The van der Waals surface area contributed by atoms with Gasteiger partial charge < -0.3 is 14.2 Å². The number of carbonyl (C=O) groups excluding carboxylic acids is 3. The predicted octanol–water partition coefficient (Wildman–Crippen LogP) is 16.9. The van der Waals surface area contributed by atoms with Crippen LogP contribution in [-0.2, 0) is 28.6 Å². The van der Waals surface area contributed by atoms with Crippen LogP contribution in [0, 0.1) is 0 Å². The number of ether oxygens (including phenoxy) is 3. The number of allylic oxidation sites excluding steroid dienone is 6. The fourth-order valence-electron chi connectivity index (χ4n) is 7.43. The van der Waals surface area contributed by atoms with E-state index in [4.69, 9.17) is 14.2 Å². The van der Waals surface area contributed by atoms with Crippen LogP contribution in [0.5, 0.6) is 0 Å². The van der Waals surface area contributed by atoms with Crippen LogP contribution < -0.4 is 0 Å². The monoisotopic (exact) mass is 843 g/mol. The van der Waals surface area contributed by atoms with E-state index in [1.54, 1.807) is 0 Å². The third-order valence-electron chi connectivity index (χ3n) is 11.4. The van der Waals surface area contributed by atoms with E-state index in [1.807, 2.05) is 0 Å². The molecular formula is C54H98O6. The van der Waals surface area contributed by atoms with E-state index in [0.717, 1.165) is 70.6 Å². The number of unbranched alkanes of at least 4 members (excludes halogenated alkanes) is 31. The van der Waals surface area contributed by atoms with Crippen LogP contribution in [0.25, 0.3) is 0 Å². The van der Waals surface area contributed by atoms with Gasteiger partial charge in [0.05, 0.1) is 0 Å². The molecule has 0 aromatic heterocycles. The van der Waals surface area contributed by atoms with Crippen LogP contribution >= 0.6 is 0 Å². The van der Waals surface area contributed by atoms with E-state index >= 15 is 0 Å². The molecule has 1 unspecified atom stereocenters. The Morgan fingerprint density at radius 1 is 0.333 bits per heavy atom. The molecule has 0 saturated carbocycles. The van der Waals surface area contributed by atoms with E-state index in [9.17, 15) is 14.4 Å². The minimum atomic E-state index is -0.776. The topological polar surface area (TPSA) is 78.9 Å². The maximum absolute atomic E-state index is 12.8. The van der Waals surface area contributed by atoms with Crippen molar-refractivity contribution < 1.29 is 28.6 Å². The van der Waals surface area contributed by atoms with Crippen molar-refractivity contribution in [2.24, 2.45) is 0 Å². The van der Waals surface area contributed by atoms with Gasteiger partial charge >= 0.3 is 17.9 Å². The molecule has 0 amide bonds. The first-order valence-electron chi connectivity index (χ1n) is 26.0. The molecule has 0 aliphatic rings. The molecule has 0 rings (SSSR count). The minimum Gasteiger partial charge on any atom is -0.462 e. The molecule has 0 aliphatic heterocycles. The van der Waals surface area contributed by atoms with Crippen LogP contribution in [0.4, 0.5) is 0 Å². The molecule has 0 heterocycles. The second-order valence-corrected chi connectivity index (χ2v) is 17.5. The molecule has 0 N–H and O–H groups in total. The van der Waals surface area contributed by atoms with Gasteiger partial charge in [-0.1, -0.05) is 218 Å². The Kier molecular flexibility index (Phi) is 47.3. The fourth-order valence-corrected chi connectivity index (χ4v) is 7.43. The Morgan fingerprint density at radius 3 is 0.967 bits per heavy atom. The second-order valence-electron chi connectivity index (χ2n) is 17.5. The molecule has 1 atom stereocenters. The van der Waals surface area contributed by atoms with Crippen molar-refractivity contribution in [2.75, 3.05) is 13.2 Å². The molecule has 0 radical (unpaired) electrons. The van der Waals surface area contributed by atoms with E-state index in [1.165, 1.54) is 161 Å². The first-order valence-corrected chi connectivity index (χ1v) is 26.0. The van der Waals surface area contributed by atoms with Gasteiger partial charge in [-0.3, -0.25) is 14.4 Å². The third kappa shape index (κ3) is 46.7. The lowest BCUT2D eigenvalue weighted by molar-refractivity contribution is -0.167. The molecule has 6 heteroatoms. The highest BCUT2D eigenvalue weighted by molar-refractivity contribution is 5.71. The lowest BCUT2D eigenvalue weighted by Gasteiger charge is -2.18. The standard InChI is InChI=1S/C54H98O6/c1-4-7-10-13-16-19-22-25-27-29-32-35-38-41-44-47-53(56)59-50-51(49-58-52(55)46-43-40-37-34-31-24-21-18-15-12-9-6-3)60-54(57)48-45-42-39-36-33-30-28-26-23-20-17-14-11-8-5-2/h16,18-19,21-22,25,51H,4-15,17,20,23-24,26-50H2,1-3H3/b19-16-,21-18-,25-22-. The number of esters is 3. The third-order valence-corrected chi connectivity index (χ3v) is 11.4. The summed E-state index contributed by atoms with van der Waals surface area (Å²) < 4.78 is 16.8. The minimum absolute atomic E-state index is 0.0776. The van der Waals surface area contributed by atoms with Crippen LogP contribution in [0.3, 0.4) is 0 Å². The summed E-state index contributed by atoms with van der Waals surface area (Å²) in [5.41, 5.74) is 0. The highest BCUT2D eigenvalue weighted by atomic mass is 16.6. The summed E-state index contributed by atoms with van der Waals surface area (Å²) in [6.07, 6.45) is 56.9. The van der Waals surface area contributed by atoms with Crippen molar-refractivity contribution in [2.45, 2.75) is 277 Å². The molecule has 0 saturated heterocycles. The van der Waals surface area contributed by atoms with Gasteiger partial charge in [0.2, 0.25) is 0 Å². The average Bonchev–Trinajstić information content (AvgIpc) is 3.24. The molecule has 0 aliphatic carbocycles. The summed E-state index contributed by atoms with van der Waals surface area (Å²) in [6, 6.07) is 0. The fraction of sp³-hybridized carbons (Fsp3) is 0.833. The Bertz CT molecular complexity index is 1020. The quantitative estimate of drug-likeness (QED) is 0.0200. The van der Waals surface area contributed by atoms with Gasteiger partial charge in [0.1, 0.15) is 13.2 Å². The number of hydrogen-bond acceptors (Lipinski definition) is 6. The first kappa shape index (κ1) is 57.6. The van der Waals surface area contributed by atoms with E-state index in [0.29, 0.717) is 19.3 Å². The Balaban J connectivity index is 4.37. The van der Waals surface area contributed by atoms with Gasteiger partial charge in [-0.25, -0.2) is 0 Å². The molecule has 6 nitrogen and oxygen atoms in total. The van der Waals surface area contributed by atoms with Crippen LogP contribution in [0.15, 0.2) is 36.5 Å². The zero-order valence-electron chi connectivity index (χ0n) is 40.0. The van der Waals surface area contributed by atoms with Crippen LogP contribution in [0.1, 0.15) is 271 Å². The number of hydrogen-bond donors (Lipinski definition) is 0. The van der Waals surface area contributed by atoms with Gasteiger partial charge in [-0.2, -0.15) is 0 Å². The highest BCUT2D eigenvalue weighted by Crippen LogP contribution is 2.15. The van der Waals surface area contributed by atoms with E-state index in [2.05, 4.69) is 57.2 Å². The molecule has 0 aromatic carbocycles. The van der Waals surface area contributed by atoms with Crippen molar-refractivity contribution in [3.63, 3.8) is 0 Å². The predicted molar refractivity (Wildman–Crippen MR) is 256 cm³/mol. The Labute approximate surface area is 372 Å². The number of rotatable bonds is 47. The van der Waals surface area contributed by atoms with Crippen molar-refractivity contribution in [3.05, 3.63) is 36.5 Å². The summed E-state index contributed by atoms with van der Waals surface area (Å²) >= 11 is 0. The van der Waals surface area contributed by atoms with Crippen LogP contribution in [-0.4, -0.2) is 37.2 Å². The zero-order valence-corrected chi connectivity index (χ0v) is 40.0. The first-order chi connectivity index (χ1) is 29.5. The molecule has 60 heavy (non-hydrogen) atoms. The second kappa shape index (κ2) is 49.3. The Morgan fingerprint density at radius 2 is 0.600 bits per heavy atom.